The molecule has 1 aromatic rings. The summed E-state index contributed by atoms with van der Waals surface area (Å²) in [5.74, 6) is -0.0957. The average molecular weight is 350 g/mol. The van der Waals surface area contributed by atoms with Crippen LogP contribution in [0.15, 0.2) is 12.1 Å². The predicted molar refractivity (Wildman–Crippen MR) is 89.6 cm³/mol. The molecule has 0 saturated carbocycles. The summed E-state index contributed by atoms with van der Waals surface area (Å²) >= 11 is 18.0. The Labute approximate surface area is 140 Å². The summed E-state index contributed by atoms with van der Waals surface area (Å²) in [6.07, 6.45) is 6.08. The van der Waals surface area contributed by atoms with E-state index < -0.39 is 0 Å². The molecule has 3 nitrogen and oxygen atoms in total. The quantitative estimate of drug-likeness (QED) is 0.846. The first kappa shape index (κ1) is 16.9. The second kappa shape index (κ2) is 8.23. The molecule has 2 rings (SSSR count). The highest BCUT2D eigenvalue weighted by Crippen LogP contribution is 2.33. The van der Waals surface area contributed by atoms with Crippen LogP contribution in [0.3, 0.4) is 0 Å². The molecule has 1 aliphatic rings. The number of amides is 1. The standard InChI is InChI=1S/C15H19Cl3N2O/c16-11-8-12(17)15(13(18)9-11)19-14(21)10-20-6-4-2-1-3-5-7-20/h8-9H,1-7,10H2,(H,19,21). The highest BCUT2D eigenvalue weighted by Gasteiger charge is 2.15. The minimum absolute atomic E-state index is 0.0957. The Hall–Kier alpha value is -0.480. The zero-order chi connectivity index (χ0) is 15.2. The molecule has 1 saturated heterocycles. The third-order valence-electron chi connectivity index (χ3n) is 3.59. The van der Waals surface area contributed by atoms with Gasteiger partial charge in [-0.15, -0.1) is 0 Å². The molecule has 0 atom stereocenters. The summed E-state index contributed by atoms with van der Waals surface area (Å²) in [6, 6.07) is 3.14. The van der Waals surface area contributed by atoms with Crippen LogP contribution in [0.25, 0.3) is 0 Å². The number of likely N-dealkylation sites (tertiary alicyclic amines) is 1. The number of nitrogens with one attached hydrogen (secondary N) is 1. The maximum absolute atomic E-state index is 12.2. The van der Waals surface area contributed by atoms with E-state index in [1.807, 2.05) is 0 Å². The molecule has 1 aromatic carbocycles. The first-order valence-corrected chi connectivity index (χ1v) is 8.36. The lowest BCUT2D eigenvalue weighted by atomic mass is 10.1. The van der Waals surface area contributed by atoms with Crippen molar-refractivity contribution in [2.45, 2.75) is 32.1 Å². The van der Waals surface area contributed by atoms with Crippen molar-refractivity contribution in [2.75, 3.05) is 25.0 Å². The summed E-state index contributed by atoms with van der Waals surface area (Å²) < 4.78 is 0. The first-order chi connectivity index (χ1) is 10.1. The Morgan fingerprint density at radius 2 is 1.52 bits per heavy atom. The van der Waals surface area contributed by atoms with E-state index in [9.17, 15) is 4.79 Å². The molecule has 21 heavy (non-hydrogen) atoms. The lowest BCUT2D eigenvalue weighted by Gasteiger charge is -2.24. The third-order valence-corrected chi connectivity index (χ3v) is 4.40. The molecule has 0 aromatic heterocycles. The van der Waals surface area contributed by atoms with Gasteiger partial charge in [0.15, 0.2) is 0 Å². The predicted octanol–water partition coefficient (Wildman–Crippen LogP) is 4.85. The summed E-state index contributed by atoms with van der Waals surface area (Å²) in [6.45, 7) is 2.31. The molecule has 0 unspecified atom stereocenters. The van der Waals surface area contributed by atoms with Crippen molar-refractivity contribution in [3.05, 3.63) is 27.2 Å². The molecule has 1 heterocycles. The topological polar surface area (TPSA) is 32.3 Å². The van der Waals surface area contributed by atoms with E-state index >= 15 is 0 Å². The van der Waals surface area contributed by atoms with Gasteiger partial charge in [0.25, 0.3) is 0 Å². The largest absolute Gasteiger partial charge is 0.322 e. The minimum atomic E-state index is -0.0957. The lowest BCUT2D eigenvalue weighted by molar-refractivity contribution is -0.117. The van der Waals surface area contributed by atoms with Gasteiger partial charge >= 0.3 is 0 Å². The molecule has 0 bridgehead atoms. The van der Waals surface area contributed by atoms with E-state index in [1.165, 1.54) is 19.3 Å². The molecule has 1 N–H and O–H groups in total. The van der Waals surface area contributed by atoms with Gasteiger partial charge in [-0.05, 0) is 38.1 Å². The number of anilines is 1. The fourth-order valence-corrected chi connectivity index (χ4v) is 3.43. The zero-order valence-corrected chi connectivity index (χ0v) is 14.1. The van der Waals surface area contributed by atoms with Gasteiger partial charge in [0, 0.05) is 5.02 Å². The molecular weight excluding hydrogens is 331 g/mol. The van der Waals surface area contributed by atoms with Crippen molar-refractivity contribution >= 4 is 46.4 Å². The molecule has 0 radical (unpaired) electrons. The van der Waals surface area contributed by atoms with Gasteiger partial charge in [0.1, 0.15) is 0 Å². The number of rotatable bonds is 3. The highest BCUT2D eigenvalue weighted by atomic mass is 35.5. The van der Waals surface area contributed by atoms with Crippen molar-refractivity contribution in [1.29, 1.82) is 0 Å². The van der Waals surface area contributed by atoms with Gasteiger partial charge in [0.05, 0.1) is 22.3 Å². The fourth-order valence-electron chi connectivity index (χ4n) is 2.51. The van der Waals surface area contributed by atoms with Crippen molar-refractivity contribution < 1.29 is 4.79 Å². The second-order valence-electron chi connectivity index (χ2n) is 5.34. The fraction of sp³-hybridized carbons (Fsp3) is 0.533. The van der Waals surface area contributed by atoms with Gasteiger partial charge < -0.3 is 5.32 Å². The van der Waals surface area contributed by atoms with Crippen LogP contribution < -0.4 is 5.32 Å². The monoisotopic (exact) mass is 348 g/mol. The number of carbonyl (C=O) groups excluding carboxylic acids is 1. The molecule has 1 fully saturated rings. The Balaban J connectivity index is 1.95. The summed E-state index contributed by atoms with van der Waals surface area (Å²) in [4.78, 5) is 14.4. The van der Waals surface area contributed by atoms with Crippen LogP contribution >= 0.6 is 34.8 Å². The second-order valence-corrected chi connectivity index (χ2v) is 6.59. The number of hydrogen-bond acceptors (Lipinski definition) is 2. The number of halogens is 3. The lowest BCUT2D eigenvalue weighted by Crippen LogP contribution is -2.35. The Bertz CT molecular complexity index is 477. The molecule has 1 aliphatic heterocycles. The van der Waals surface area contributed by atoms with Crippen LogP contribution in [0.2, 0.25) is 15.1 Å². The molecule has 1 amide bonds. The van der Waals surface area contributed by atoms with Gasteiger partial charge in [0.2, 0.25) is 5.91 Å². The molecule has 0 spiro atoms. The van der Waals surface area contributed by atoms with Crippen LogP contribution in [0, 0.1) is 0 Å². The van der Waals surface area contributed by atoms with Crippen molar-refractivity contribution in [2.24, 2.45) is 0 Å². The SMILES string of the molecule is O=C(CN1CCCCCCC1)Nc1c(Cl)cc(Cl)cc1Cl. The first-order valence-electron chi connectivity index (χ1n) is 7.23. The van der Waals surface area contributed by atoms with Crippen molar-refractivity contribution in [3.8, 4) is 0 Å². The van der Waals surface area contributed by atoms with Crippen LogP contribution in [0.1, 0.15) is 32.1 Å². The number of carbonyl (C=O) groups is 1. The van der Waals surface area contributed by atoms with E-state index in [-0.39, 0.29) is 5.91 Å². The zero-order valence-electron chi connectivity index (χ0n) is 11.8. The molecule has 6 heteroatoms. The van der Waals surface area contributed by atoms with E-state index in [0.29, 0.717) is 27.3 Å². The maximum Gasteiger partial charge on any atom is 0.238 e. The Morgan fingerprint density at radius 1 is 1.00 bits per heavy atom. The van der Waals surface area contributed by atoms with Crippen LogP contribution in [0.4, 0.5) is 5.69 Å². The number of hydrogen-bond donors (Lipinski definition) is 1. The molecular formula is C15H19Cl3N2O. The van der Waals surface area contributed by atoms with Crippen molar-refractivity contribution in [1.82, 2.24) is 4.90 Å². The van der Waals surface area contributed by atoms with Gasteiger partial charge in [-0.25, -0.2) is 0 Å². The van der Waals surface area contributed by atoms with Crippen molar-refractivity contribution in [3.63, 3.8) is 0 Å². The van der Waals surface area contributed by atoms with E-state index in [1.54, 1.807) is 12.1 Å². The number of nitrogens with zero attached hydrogens (tertiary/aromatic N) is 1. The number of benzene rings is 1. The third kappa shape index (κ3) is 5.33. The minimum Gasteiger partial charge on any atom is -0.322 e. The van der Waals surface area contributed by atoms with Crippen LogP contribution in [-0.2, 0) is 4.79 Å². The van der Waals surface area contributed by atoms with E-state index in [2.05, 4.69) is 10.2 Å². The van der Waals surface area contributed by atoms with E-state index in [4.69, 9.17) is 34.8 Å². The summed E-state index contributed by atoms with van der Waals surface area (Å²) in [5, 5.41) is 3.95. The van der Waals surface area contributed by atoms with Gasteiger partial charge in [-0.3, -0.25) is 9.69 Å². The Morgan fingerprint density at radius 3 is 2.10 bits per heavy atom. The van der Waals surface area contributed by atoms with Crippen LogP contribution in [-0.4, -0.2) is 30.4 Å². The molecule has 0 aliphatic carbocycles. The van der Waals surface area contributed by atoms with Gasteiger partial charge in [-0.2, -0.15) is 0 Å². The summed E-state index contributed by atoms with van der Waals surface area (Å²) in [5.41, 5.74) is 0.430. The normalized spacial score (nSPS) is 17.1. The molecule has 116 valence electrons. The maximum atomic E-state index is 12.2. The Kier molecular flexibility index (Phi) is 6.62. The summed E-state index contributed by atoms with van der Waals surface area (Å²) in [7, 11) is 0. The highest BCUT2D eigenvalue weighted by molar-refractivity contribution is 6.42. The van der Waals surface area contributed by atoms with Crippen LogP contribution in [0.5, 0.6) is 0 Å². The average Bonchev–Trinajstić information content (AvgIpc) is 2.37. The smallest absolute Gasteiger partial charge is 0.238 e. The van der Waals surface area contributed by atoms with E-state index in [0.717, 1.165) is 25.9 Å². The van der Waals surface area contributed by atoms with Gasteiger partial charge in [-0.1, -0.05) is 54.1 Å².